The number of benzene rings is 1. The topological polar surface area (TPSA) is 83.5 Å². The van der Waals surface area contributed by atoms with Gasteiger partial charge in [0.25, 0.3) is 0 Å². The maximum Gasteiger partial charge on any atom is 0.329 e. The number of amides is 2. The van der Waals surface area contributed by atoms with E-state index in [0.29, 0.717) is 0 Å². The van der Waals surface area contributed by atoms with Crippen molar-refractivity contribution in [3.8, 4) is 0 Å². The number of aromatic nitrogens is 1. The molecule has 0 unspecified atom stereocenters. The van der Waals surface area contributed by atoms with E-state index in [0.717, 1.165) is 16.7 Å². The molecule has 0 radical (unpaired) electrons. The van der Waals surface area contributed by atoms with Crippen LogP contribution in [0.1, 0.15) is 16.7 Å². The summed E-state index contributed by atoms with van der Waals surface area (Å²) in [4.78, 5) is 27.1. The van der Waals surface area contributed by atoms with Crippen LogP contribution in [-0.4, -0.2) is 23.0 Å². The summed E-state index contributed by atoms with van der Waals surface area (Å²) in [5.74, 6) is -1.56. The van der Waals surface area contributed by atoms with Crippen LogP contribution in [0.4, 0.5) is 0 Å². The second kappa shape index (κ2) is 7.68. The van der Waals surface area contributed by atoms with E-state index in [9.17, 15) is 9.59 Å². The number of nitrogens with one attached hydrogen (secondary N) is 2. The van der Waals surface area contributed by atoms with Crippen molar-refractivity contribution in [2.75, 3.05) is 0 Å². The van der Waals surface area contributed by atoms with Crippen LogP contribution >= 0.6 is 0 Å². The minimum atomic E-state index is -0.813. The molecule has 0 saturated carbocycles. The van der Waals surface area contributed by atoms with Gasteiger partial charge in [-0.05, 0) is 24.1 Å². The fraction of sp³-hybridized carbons (Fsp3) is 0.125. The predicted octanol–water partition coefficient (Wildman–Crippen LogP) is 1.16. The second-order valence-electron chi connectivity index (χ2n) is 4.65. The van der Waals surface area contributed by atoms with Crippen LogP contribution in [0.3, 0.4) is 0 Å². The first kappa shape index (κ1) is 15.4. The first-order chi connectivity index (χ1) is 10.6. The Bertz CT molecular complexity index is 666. The van der Waals surface area contributed by atoms with Gasteiger partial charge in [-0.3, -0.25) is 14.6 Å². The van der Waals surface area contributed by atoms with E-state index in [4.69, 9.17) is 0 Å². The van der Waals surface area contributed by atoms with Crippen LogP contribution in [0.25, 0.3) is 0 Å². The Morgan fingerprint density at radius 2 is 1.95 bits per heavy atom. The second-order valence-corrected chi connectivity index (χ2v) is 4.65. The Labute approximate surface area is 128 Å². The predicted molar refractivity (Wildman–Crippen MR) is 83.0 cm³/mol. The summed E-state index contributed by atoms with van der Waals surface area (Å²) in [7, 11) is 0. The maximum absolute atomic E-state index is 11.6. The van der Waals surface area contributed by atoms with E-state index < -0.39 is 11.8 Å². The van der Waals surface area contributed by atoms with Gasteiger partial charge in [0, 0.05) is 18.9 Å². The molecule has 2 aromatic rings. The number of hydrazone groups is 1. The first-order valence-corrected chi connectivity index (χ1v) is 6.72. The summed E-state index contributed by atoms with van der Waals surface area (Å²) in [5.41, 5.74) is 4.97. The number of hydrogen-bond acceptors (Lipinski definition) is 4. The molecule has 0 fully saturated rings. The van der Waals surface area contributed by atoms with Crippen molar-refractivity contribution in [3.63, 3.8) is 0 Å². The van der Waals surface area contributed by atoms with Crippen molar-refractivity contribution in [2.24, 2.45) is 5.10 Å². The van der Waals surface area contributed by atoms with Crippen molar-refractivity contribution >= 4 is 18.0 Å². The highest BCUT2D eigenvalue weighted by Gasteiger charge is 2.11. The molecule has 6 nitrogen and oxygen atoms in total. The van der Waals surface area contributed by atoms with Crippen molar-refractivity contribution < 1.29 is 9.59 Å². The minimum Gasteiger partial charge on any atom is -0.344 e. The van der Waals surface area contributed by atoms with Crippen LogP contribution in [0.2, 0.25) is 0 Å². The summed E-state index contributed by atoms with van der Waals surface area (Å²) in [5, 5.41) is 6.24. The molecule has 0 atom stereocenters. The third kappa shape index (κ3) is 4.82. The van der Waals surface area contributed by atoms with Crippen molar-refractivity contribution in [1.82, 2.24) is 15.7 Å². The number of aryl methyl sites for hydroxylation is 1. The van der Waals surface area contributed by atoms with Gasteiger partial charge in [-0.15, -0.1) is 0 Å². The Hall–Kier alpha value is -3.02. The van der Waals surface area contributed by atoms with Crippen LogP contribution in [0.5, 0.6) is 0 Å². The highest BCUT2D eigenvalue weighted by atomic mass is 16.2. The van der Waals surface area contributed by atoms with E-state index in [1.807, 2.05) is 31.2 Å². The lowest BCUT2D eigenvalue weighted by Crippen LogP contribution is -2.37. The molecule has 1 aromatic carbocycles. The van der Waals surface area contributed by atoms with Crippen molar-refractivity contribution in [1.29, 1.82) is 0 Å². The maximum atomic E-state index is 11.6. The highest BCUT2D eigenvalue weighted by molar-refractivity contribution is 6.35. The number of hydrogen-bond donors (Lipinski definition) is 2. The fourth-order valence-corrected chi connectivity index (χ4v) is 1.63. The molecule has 112 valence electrons. The van der Waals surface area contributed by atoms with E-state index in [1.54, 1.807) is 24.5 Å². The van der Waals surface area contributed by atoms with Crippen molar-refractivity contribution in [3.05, 3.63) is 65.5 Å². The SMILES string of the molecule is Cc1ccc(C=NNC(=O)C(=O)NCc2cccnc2)cc1. The number of nitrogens with zero attached hydrogens (tertiary/aromatic N) is 2. The molecule has 2 rings (SSSR count). The third-order valence-corrected chi connectivity index (χ3v) is 2.84. The van der Waals surface area contributed by atoms with E-state index in [-0.39, 0.29) is 6.54 Å². The monoisotopic (exact) mass is 296 g/mol. The number of carbonyl (C=O) groups excluding carboxylic acids is 2. The molecule has 1 aromatic heterocycles. The lowest BCUT2D eigenvalue weighted by molar-refractivity contribution is -0.139. The van der Waals surface area contributed by atoms with Gasteiger partial charge in [-0.25, -0.2) is 5.43 Å². The zero-order valence-corrected chi connectivity index (χ0v) is 12.1. The summed E-state index contributed by atoms with van der Waals surface area (Å²) in [6.45, 7) is 2.22. The molecule has 0 aliphatic heterocycles. The molecule has 0 saturated heterocycles. The standard InChI is InChI=1S/C16H16N4O2/c1-12-4-6-13(7-5-12)11-19-20-16(22)15(21)18-10-14-3-2-8-17-9-14/h2-9,11H,10H2,1H3,(H,18,21)(H,20,22). The zero-order chi connectivity index (χ0) is 15.8. The average Bonchev–Trinajstić information content (AvgIpc) is 2.55. The quantitative estimate of drug-likeness (QED) is 0.504. The van der Waals surface area contributed by atoms with Gasteiger partial charge in [0.15, 0.2) is 0 Å². The molecule has 22 heavy (non-hydrogen) atoms. The fourth-order valence-electron chi connectivity index (χ4n) is 1.63. The van der Waals surface area contributed by atoms with Gasteiger partial charge in [-0.2, -0.15) is 5.10 Å². The van der Waals surface area contributed by atoms with Crippen LogP contribution in [-0.2, 0) is 16.1 Å². The molecule has 0 aliphatic carbocycles. The van der Waals surface area contributed by atoms with Crippen LogP contribution < -0.4 is 10.7 Å². The molecule has 6 heteroatoms. The van der Waals surface area contributed by atoms with Gasteiger partial charge >= 0.3 is 11.8 Å². The summed E-state index contributed by atoms with van der Waals surface area (Å²) >= 11 is 0. The average molecular weight is 296 g/mol. The van der Waals surface area contributed by atoms with E-state index in [2.05, 4.69) is 20.8 Å². The minimum absolute atomic E-state index is 0.238. The third-order valence-electron chi connectivity index (χ3n) is 2.84. The lowest BCUT2D eigenvalue weighted by atomic mass is 10.2. The molecule has 2 amide bonds. The summed E-state index contributed by atoms with van der Waals surface area (Å²) in [6, 6.07) is 11.2. The summed E-state index contributed by atoms with van der Waals surface area (Å²) in [6.07, 6.45) is 4.73. The van der Waals surface area contributed by atoms with Gasteiger partial charge in [0.2, 0.25) is 0 Å². The Morgan fingerprint density at radius 3 is 2.64 bits per heavy atom. The summed E-state index contributed by atoms with van der Waals surface area (Å²) < 4.78 is 0. The molecule has 2 N–H and O–H groups in total. The number of rotatable bonds is 4. The molecule has 0 spiro atoms. The Morgan fingerprint density at radius 1 is 1.18 bits per heavy atom. The van der Waals surface area contributed by atoms with Gasteiger partial charge < -0.3 is 5.32 Å². The van der Waals surface area contributed by atoms with Crippen LogP contribution in [0.15, 0.2) is 53.9 Å². The van der Waals surface area contributed by atoms with Gasteiger partial charge in [0.05, 0.1) is 6.21 Å². The zero-order valence-electron chi connectivity index (χ0n) is 12.1. The van der Waals surface area contributed by atoms with Crippen LogP contribution in [0, 0.1) is 6.92 Å². The Kier molecular flexibility index (Phi) is 5.37. The van der Waals surface area contributed by atoms with E-state index >= 15 is 0 Å². The molecule has 1 heterocycles. The molecule has 0 aliphatic rings. The van der Waals surface area contributed by atoms with E-state index in [1.165, 1.54) is 6.21 Å². The largest absolute Gasteiger partial charge is 0.344 e. The molecular formula is C16H16N4O2. The van der Waals surface area contributed by atoms with Gasteiger partial charge in [-0.1, -0.05) is 35.9 Å². The smallest absolute Gasteiger partial charge is 0.329 e. The molecular weight excluding hydrogens is 280 g/mol. The number of carbonyl (C=O) groups is 2. The Balaban J connectivity index is 1.79. The normalized spacial score (nSPS) is 10.4. The lowest BCUT2D eigenvalue weighted by Gasteiger charge is -2.03. The first-order valence-electron chi connectivity index (χ1n) is 6.72. The molecule has 0 bridgehead atoms. The number of pyridine rings is 1. The van der Waals surface area contributed by atoms with Gasteiger partial charge in [0.1, 0.15) is 0 Å². The van der Waals surface area contributed by atoms with Crippen molar-refractivity contribution in [2.45, 2.75) is 13.5 Å². The highest BCUT2D eigenvalue weighted by Crippen LogP contribution is 1.99.